The molecule has 2 amide bonds. The van der Waals surface area contributed by atoms with E-state index in [4.69, 9.17) is 9.16 Å². The maximum absolute atomic E-state index is 13.4. The van der Waals surface area contributed by atoms with Crippen LogP contribution >= 0.6 is 0 Å². The third-order valence-electron chi connectivity index (χ3n) is 8.56. The van der Waals surface area contributed by atoms with Crippen molar-refractivity contribution < 1.29 is 23.9 Å². The molecule has 1 heterocycles. The number of imide groups is 1. The molecular weight excluding hydrogens is 542 g/mol. The van der Waals surface area contributed by atoms with Crippen molar-refractivity contribution in [2.75, 3.05) is 6.61 Å². The number of rotatable bonds is 11. The summed E-state index contributed by atoms with van der Waals surface area (Å²) in [6, 6.07) is 30.1. The molecule has 1 aliphatic rings. The van der Waals surface area contributed by atoms with Crippen molar-refractivity contribution in [1.29, 1.82) is 0 Å². The van der Waals surface area contributed by atoms with Gasteiger partial charge in [0.2, 0.25) is 5.91 Å². The SMILES string of the molecule is C[C@@H](CC[C@H](O)[C@@H](C)C(=O)N1C(=O)O[C@@H](c2ccccc2)[C@H]1C)CO[Si](c1ccccc1)(c1ccccc1)C(C)(C)C. The van der Waals surface area contributed by atoms with Gasteiger partial charge in [0.05, 0.1) is 18.1 Å². The monoisotopic (exact) mass is 587 g/mol. The van der Waals surface area contributed by atoms with Crippen molar-refractivity contribution in [2.24, 2.45) is 11.8 Å². The average Bonchev–Trinajstić information content (AvgIpc) is 3.29. The lowest BCUT2D eigenvalue weighted by Gasteiger charge is -2.43. The van der Waals surface area contributed by atoms with Gasteiger partial charge in [0, 0.05) is 6.61 Å². The Bertz CT molecular complexity index is 1270. The van der Waals surface area contributed by atoms with Gasteiger partial charge in [0.15, 0.2) is 0 Å². The third-order valence-corrected chi connectivity index (χ3v) is 13.6. The Balaban J connectivity index is 1.40. The highest BCUT2D eigenvalue weighted by molar-refractivity contribution is 6.99. The van der Waals surface area contributed by atoms with Gasteiger partial charge in [-0.05, 0) is 46.7 Å². The summed E-state index contributed by atoms with van der Waals surface area (Å²) < 4.78 is 12.6. The molecule has 0 aromatic heterocycles. The summed E-state index contributed by atoms with van der Waals surface area (Å²) in [7, 11) is -2.65. The van der Waals surface area contributed by atoms with Gasteiger partial charge in [0.1, 0.15) is 6.10 Å². The second-order valence-corrected chi connectivity index (χ2v) is 17.0. The lowest BCUT2D eigenvalue weighted by molar-refractivity contribution is -0.136. The summed E-state index contributed by atoms with van der Waals surface area (Å²) in [5.74, 6) is -0.990. The molecule has 0 saturated carbocycles. The molecule has 1 aliphatic heterocycles. The van der Waals surface area contributed by atoms with E-state index in [-0.39, 0.29) is 11.0 Å². The van der Waals surface area contributed by atoms with E-state index in [0.29, 0.717) is 19.4 Å². The predicted octanol–water partition coefficient (Wildman–Crippen LogP) is 6.08. The molecule has 5 atom stereocenters. The molecule has 0 aliphatic carbocycles. The van der Waals surface area contributed by atoms with Crippen molar-refractivity contribution in [3.8, 4) is 0 Å². The fourth-order valence-corrected chi connectivity index (χ4v) is 10.7. The highest BCUT2D eigenvalue weighted by Gasteiger charge is 2.50. The first-order chi connectivity index (χ1) is 20.0. The van der Waals surface area contributed by atoms with Crippen LogP contribution in [0.4, 0.5) is 4.79 Å². The van der Waals surface area contributed by atoms with Crippen LogP contribution < -0.4 is 10.4 Å². The van der Waals surface area contributed by atoms with Crippen LogP contribution in [-0.4, -0.2) is 49.1 Å². The van der Waals surface area contributed by atoms with E-state index in [2.05, 4.69) is 76.2 Å². The zero-order valence-electron chi connectivity index (χ0n) is 25.7. The number of hydrogen-bond acceptors (Lipinski definition) is 5. The molecule has 6 nitrogen and oxygen atoms in total. The largest absolute Gasteiger partial charge is 0.439 e. The lowest BCUT2D eigenvalue weighted by Crippen LogP contribution is -2.66. The number of aliphatic hydroxyl groups is 1. The van der Waals surface area contributed by atoms with Gasteiger partial charge in [-0.25, -0.2) is 9.69 Å². The third kappa shape index (κ3) is 6.53. The normalized spacial score (nSPS) is 19.7. The number of hydrogen-bond donors (Lipinski definition) is 1. The average molecular weight is 588 g/mol. The quantitative estimate of drug-likeness (QED) is 0.275. The molecule has 0 radical (unpaired) electrons. The lowest BCUT2D eigenvalue weighted by atomic mass is 9.94. The number of benzene rings is 3. The number of carbonyl (C=O) groups is 2. The highest BCUT2D eigenvalue weighted by Crippen LogP contribution is 2.37. The summed E-state index contributed by atoms with van der Waals surface area (Å²) in [5, 5.41) is 13.4. The minimum atomic E-state index is -2.65. The van der Waals surface area contributed by atoms with Crippen LogP contribution in [0.15, 0.2) is 91.0 Å². The molecular formula is C35H45NO5Si. The van der Waals surface area contributed by atoms with Crippen LogP contribution in [0.25, 0.3) is 0 Å². The molecule has 224 valence electrons. The topological polar surface area (TPSA) is 76.1 Å². The Morgan fingerprint density at radius 1 is 0.905 bits per heavy atom. The van der Waals surface area contributed by atoms with Gasteiger partial charge < -0.3 is 14.3 Å². The Kier molecular flexibility index (Phi) is 10.1. The van der Waals surface area contributed by atoms with Crippen LogP contribution in [0.5, 0.6) is 0 Å². The Morgan fingerprint density at radius 2 is 1.40 bits per heavy atom. The summed E-state index contributed by atoms with van der Waals surface area (Å²) in [5.41, 5.74) is 0.844. The van der Waals surface area contributed by atoms with Crippen LogP contribution in [0.1, 0.15) is 66.1 Å². The molecule has 3 aromatic rings. The predicted molar refractivity (Wildman–Crippen MR) is 169 cm³/mol. The van der Waals surface area contributed by atoms with Crippen LogP contribution in [-0.2, 0) is 14.0 Å². The van der Waals surface area contributed by atoms with E-state index in [1.54, 1.807) is 6.92 Å². The highest BCUT2D eigenvalue weighted by atomic mass is 28.4. The van der Waals surface area contributed by atoms with Gasteiger partial charge in [-0.3, -0.25) is 4.79 Å². The van der Waals surface area contributed by atoms with Crippen molar-refractivity contribution in [2.45, 2.75) is 77.7 Å². The summed E-state index contributed by atoms with van der Waals surface area (Å²) in [6.45, 7) is 12.9. The number of amides is 2. The minimum absolute atomic E-state index is 0.117. The molecule has 1 saturated heterocycles. The van der Waals surface area contributed by atoms with Crippen molar-refractivity contribution >= 4 is 30.7 Å². The fourth-order valence-electron chi connectivity index (χ4n) is 6.05. The molecule has 3 aromatic carbocycles. The number of cyclic esters (lactones) is 1. The molecule has 0 spiro atoms. The molecule has 42 heavy (non-hydrogen) atoms. The fraction of sp³-hybridized carbons (Fsp3) is 0.429. The van der Waals surface area contributed by atoms with Crippen LogP contribution in [0.2, 0.25) is 5.04 Å². The number of carbonyl (C=O) groups excluding carboxylic acids is 2. The Hall–Kier alpha value is -3.26. The molecule has 1 N–H and O–H groups in total. The number of ether oxygens (including phenoxy) is 1. The second-order valence-electron chi connectivity index (χ2n) is 12.7. The maximum Gasteiger partial charge on any atom is 0.417 e. The Morgan fingerprint density at radius 3 is 1.90 bits per heavy atom. The first kappa shape index (κ1) is 31.7. The van der Waals surface area contributed by atoms with Gasteiger partial charge >= 0.3 is 6.09 Å². The zero-order chi connectivity index (χ0) is 30.5. The van der Waals surface area contributed by atoms with E-state index in [9.17, 15) is 14.7 Å². The van der Waals surface area contributed by atoms with Crippen molar-refractivity contribution in [1.82, 2.24) is 4.90 Å². The summed E-state index contributed by atoms with van der Waals surface area (Å²) in [6.07, 6.45) is -0.956. The first-order valence-corrected chi connectivity index (χ1v) is 16.9. The summed E-state index contributed by atoms with van der Waals surface area (Å²) >= 11 is 0. The number of aliphatic hydroxyl groups excluding tert-OH is 1. The van der Waals surface area contributed by atoms with Gasteiger partial charge in [-0.15, -0.1) is 0 Å². The van der Waals surface area contributed by atoms with Crippen LogP contribution in [0.3, 0.4) is 0 Å². The molecule has 1 fully saturated rings. The smallest absolute Gasteiger partial charge is 0.417 e. The van der Waals surface area contributed by atoms with Crippen LogP contribution in [0, 0.1) is 11.8 Å². The van der Waals surface area contributed by atoms with Crippen molar-refractivity contribution in [3.05, 3.63) is 96.6 Å². The molecule has 7 heteroatoms. The Labute approximate surface area is 251 Å². The summed E-state index contributed by atoms with van der Waals surface area (Å²) in [4.78, 5) is 27.2. The van der Waals surface area contributed by atoms with Gasteiger partial charge in [0.25, 0.3) is 8.32 Å². The zero-order valence-corrected chi connectivity index (χ0v) is 26.7. The van der Waals surface area contributed by atoms with Gasteiger partial charge in [-0.2, -0.15) is 0 Å². The maximum atomic E-state index is 13.4. The standard InChI is InChI=1S/C35H45NO5Si/c1-25(24-40-42(35(4,5)6,29-18-12-8-13-19-29)30-20-14-9-15-21-30)22-23-31(37)26(2)33(38)36-27(3)32(41-34(36)39)28-16-10-7-11-17-28/h7-21,25-27,31-32,37H,22-24H2,1-6H3/t25-,26+,27+,31-,32+/m0/s1. The number of nitrogens with zero attached hydrogens (tertiary/aromatic N) is 1. The van der Waals surface area contributed by atoms with E-state index in [1.165, 1.54) is 15.3 Å². The van der Waals surface area contributed by atoms with E-state index in [1.807, 2.05) is 49.4 Å². The van der Waals surface area contributed by atoms with E-state index >= 15 is 0 Å². The molecule has 4 rings (SSSR count). The molecule has 0 bridgehead atoms. The van der Waals surface area contributed by atoms with E-state index in [0.717, 1.165) is 5.56 Å². The first-order valence-electron chi connectivity index (χ1n) is 15.0. The van der Waals surface area contributed by atoms with E-state index < -0.39 is 44.5 Å². The van der Waals surface area contributed by atoms with Crippen molar-refractivity contribution in [3.63, 3.8) is 0 Å². The second kappa shape index (κ2) is 13.4. The van der Waals surface area contributed by atoms with Gasteiger partial charge in [-0.1, -0.05) is 126 Å². The molecule has 0 unspecified atom stereocenters. The minimum Gasteiger partial charge on any atom is -0.439 e.